The van der Waals surface area contributed by atoms with Crippen LogP contribution >= 0.6 is 35.6 Å². The Balaban J connectivity index is 0.00000280. The van der Waals surface area contributed by atoms with Crippen LogP contribution in [0.4, 0.5) is 0 Å². The number of aliphatic imine (C=N–C) groups is 1. The number of benzene rings is 2. The number of nitrogens with zero attached hydrogens (tertiary/aromatic N) is 3. The first kappa shape index (κ1) is 22.2. The molecule has 0 spiro atoms. The average molecular weight is 512 g/mol. The van der Waals surface area contributed by atoms with Crippen molar-refractivity contribution >= 4 is 41.5 Å². The number of nitrogens with one attached hydrogen (secondary N) is 2. The topological polar surface area (TPSA) is 75.3 Å². The van der Waals surface area contributed by atoms with Crippen molar-refractivity contribution in [1.82, 2.24) is 20.8 Å². The molecule has 0 aliphatic heterocycles. The van der Waals surface area contributed by atoms with E-state index in [9.17, 15) is 0 Å². The summed E-state index contributed by atoms with van der Waals surface area (Å²) in [6, 6.07) is 17.7. The number of hydrogen-bond donors (Lipinski definition) is 2. The lowest BCUT2D eigenvalue weighted by Gasteiger charge is -2.17. The standard InChI is InChI=1S/C20H22ClN5O.HI/c1-3-22-20(24-14(2)15-8-5-4-6-9-15)23-13-18-25-19(26-27-18)16-10-7-11-17(21)12-16;/h4-12,14H,3,13H2,1-2H3,(H2,22,23,24);1H. The van der Waals surface area contributed by atoms with Gasteiger partial charge < -0.3 is 15.2 Å². The first-order chi connectivity index (χ1) is 13.2. The van der Waals surface area contributed by atoms with Gasteiger partial charge in [0.05, 0.1) is 6.04 Å². The van der Waals surface area contributed by atoms with Gasteiger partial charge in [-0.15, -0.1) is 24.0 Å². The molecule has 0 amide bonds. The van der Waals surface area contributed by atoms with Crippen LogP contribution in [0.1, 0.15) is 31.3 Å². The highest BCUT2D eigenvalue weighted by molar-refractivity contribution is 14.0. The fourth-order valence-corrected chi connectivity index (χ4v) is 2.75. The molecule has 0 aliphatic rings. The van der Waals surface area contributed by atoms with Gasteiger partial charge in [-0.05, 0) is 31.5 Å². The van der Waals surface area contributed by atoms with E-state index in [1.165, 1.54) is 5.56 Å². The van der Waals surface area contributed by atoms with E-state index in [0.717, 1.165) is 12.1 Å². The third-order valence-electron chi connectivity index (χ3n) is 3.92. The van der Waals surface area contributed by atoms with E-state index in [4.69, 9.17) is 16.1 Å². The van der Waals surface area contributed by atoms with E-state index >= 15 is 0 Å². The molecule has 2 N–H and O–H groups in total. The number of halogens is 2. The summed E-state index contributed by atoms with van der Waals surface area (Å²) in [6.45, 7) is 5.15. The van der Waals surface area contributed by atoms with Crippen LogP contribution in [0.25, 0.3) is 11.4 Å². The van der Waals surface area contributed by atoms with Gasteiger partial charge in [-0.3, -0.25) is 0 Å². The van der Waals surface area contributed by atoms with Crippen LogP contribution in [0, 0.1) is 0 Å². The van der Waals surface area contributed by atoms with Gasteiger partial charge in [0.25, 0.3) is 0 Å². The highest BCUT2D eigenvalue weighted by atomic mass is 127. The minimum Gasteiger partial charge on any atom is -0.357 e. The third kappa shape index (κ3) is 6.20. The molecule has 1 heterocycles. The zero-order chi connectivity index (χ0) is 19.1. The van der Waals surface area contributed by atoms with Crippen LogP contribution < -0.4 is 10.6 Å². The Bertz CT molecular complexity index is 900. The maximum atomic E-state index is 6.01. The second-order valence-corrected chi connectivity index (χ2v) is 6.43. The molecular weight excluding hydrogens is 489 g/mol. The van der Waals surface area contributed by atoms with Gasteiger partial charge in [0.15, 0.2) is 5.96 Å². The average Bonchev–Trinajstić information content (AvgIpc) is 3.16. The largest absolute Gasteiger partial charge is 0.357 e. The van der Waals surface area contributed by atoms with E-state index < -0.39 is 0 Å². The highest BCUT2D eigenvalue weighted by Gasteiger charge is 2.10. The van der Waals surface area contributed by atoms with Crippen molar-refractivity contribution in [2.45, 2.75) is 26.4 Å². The van der Waals surface area contributed by atoms with Crippen molar-refractivity contribution in [1.29, 1.82) is 0 Å². The fourth-order valence-electron chi connectivity index (χ4n) is 2.56. The Morgan fingerprint density at radius 3 is 2.68 bits per heavy atom. The molecule has 1 unspecified atom stereocenters. The zero-order valence-corrected chi connectivity index (χ0v) is 18.8. The summed E-state index contributed by atoms with van der Waals surface area (Å²) >= 11 is 6.01. The number of rotatable bonds is 6. The first-order valence-electron chi connectivity index (χ1n) is 8.84. The van der Waals surface area contributed by atoms with Gasteiger partial charge >= 0.3 is 0 Å². The molecule has 3 aromatic rings. The minimum atomic E-state index is 0. The molecule has 0 bridgehead atoms. The molecule has 0 aliphatic carbocycles. The predicted octanol–water partition coefficient (Wildman–Crippen LogP) is 4.82. The van der Waals surface area contributed by atoms with Gasteiger partial charge in [0.2, 0.25) is 11.7 Å². The summed E-state index contributed by atoms with van der Waals surface area (Å²) in [5, 5.41) is 11.2. The quantitative estimate of drug-likeness (QED) is 0.282. The van der Waals surface area contributed by atoms with Gasteiger partial charge in [0.1, 0.15) is 6.54 Å². The molecule has 1 aromatic heterocycles. The summed E-state index contributed by atoms with van der Waals surface area (Å²) in [5.74, 6) is 1.63. The van der Waals surface area contributed by atoms with Crippen LogP contribution in [0.2, 0.25) is 5.02 Å². The molecule has 28 heavy (non-hydrogen) atoms. The molecule has 1 atom stereocenters. The van der Waals surface area contributed by atoms with Crippen LogP contribution in [0.5, 0.6) is 0 Å². The molecule has 8 heteroatoms. The Labute approximate surface area is 186 Å². The highest BCUT2D eigenvalue weighted by Crippen LogP contribution is 2.20. The molecule has 0 saturated carbocycles. The number of guanidine groups is 1. The molecule has 3 rings (SSSR count). The Morgan fingerprint density at radius 2 is 1.96 bits per heavy atom. The first-order valence-corrected chi connectivity index (χ1v) is 9.22. The summed E-state index contributed by atoms with van der Waals surface area (Å²) in [5.41, 5.74) is 1.99. The smallest absolute Gasteiger partial charge is 0.248 e. The van der Waals surface area contributed by atoms with Crippen LogP contribution in [-0.4, -0.2) is 22.6 Å². The van der Waals surface area contributed by atoms with Gasteiger partial charge in [0, 0.05) is 17.1 Å². The molecule has 2 aromatic carbocycles. The third-order valence-corrected chi connectivity index (χ3v) is 4.16. The lowest BCUT2D eigenvalue weighted by molar-refractivity contribution is 0.380. The van der Waals surface area contributed by atoms with Crippen molar-refractivity contribution in [3.05, 3.63) is 71.1 Å². The molecule has 148 valence electrons. The maximum absolute atomic E-state index is 6.01. The van der Waals surface area contributed by atoms with E-state index in [1.807, 2.05) is 37.3 Å². The van der Waals surface area contributed by atoms with Gasteiger partial charge in [-0.1, -0.05) is 59.2 Å². The van der Waals surface area contributed by atoms with Crippen molar-refractivity contribution < 1.29 is 4.52 Å². The van der Waals surface area contributed by atoms with Crippen molar-refractivity contribution in [3.8, 4) is 11.4 Å². The van der Waals surface area contributed by atoms with E-state index in [-0.39, 0.29) is 36.6 Å². The second-order valence-electron chi connectivity index (χ2n) is 5.99. The minimum absolute atomic E-state index is 0. The molecule has 0 radical (unpaired) electrons. The normalized spacial score (nSPS) is 12.2. The van der Waals surface area contributed by atoms with Gasteiger partial charge in [-0.2, -0.15) is 4.98 Å². The monoisotopic (exact) mass is 511 g/mol. The maximum Gasteiger partial charge on any atom is 0.248 e. The molecule has 6 nitrogen and oxygen atoms in total. The van der Waals surface area contributed by atoms with E-state index in [0.29, 0.717) is 22.7 Å². The summed E-state index contributed by atoms with van der Waals surface area (Å²) < 4.78 is 5.31. The number of aromatic nitrogens is 2. The van der Waals surface area contributed by atoms with Crippen LogP contribution in [0.15, 0.2) is 64.1 Å². The van der Waals surface area contributed by atoms with Crippen LogP contribution in [0.3, 0.4) is 0 Å². The number of hydrogen-bond acceptors (Lipinski definition) is 4. The Kier molecular flexibility index (Phi) is 8.72. The Morgan fingerprint density at radius 1 is 1.18 bits per heavy atom. The molecule has 0 fully saturated rings. The molecule has 0 saturated heterocycles. The van der Waals surface area contributed by atoms with E-state index in [2.05, 4.69) is 44.8 Å². The van der Waals surface area contributed by atoms with Crippen molar-refractivity contribution in [3.63, 3.8) is 0 Å². The van der Waals surface area contributed by atoms with Crippen molar-refractivity contribution in [2.24, 2.45) is 4.99 Å². The summed E-state index contributed by atoms with van der Waals surface area (Å²) in [6.07, 6.45) is 0. The molecular formula is C20H23ClIN5O. The summed E-state index contributed by atoms with van der Waals surface area (Å²) in [7, 11) is 0. The lowest BCUT2D eigenvalue weighted by Crippen LogP contribution is -2.38. The van der Waals surface area contributed by atoms with Gasteiger partial charge in [-0.25, -0.2) is 4.99 Å². The fraction of sp³-hybridized carbons (Fsp3) is 0.250. The van der Waals surface area contributed by atoms with Crippen LogP contribution in [-0.2, 0) is 6.54 Å². The predicted molar refractivity (Wildman–Crippen MR) is 123 cm³/mol. The second kappa shape index (κ2) is 11.0. The van der Waals surface area contributed by atoms with E-state index in [1.54, 1.807) is 12.1 Å². The lowest BCUT2D eigenvalue weighted by atomic mass is 10.1. The van der Waals surface area contributed by atoms with Crippen molar-refractivity contribution in [2.75, 3.05) is 6.54 Å². The zero-order valence-electron chi connectivity index (χ0n) is 15.7. The Hall–Kier alpha value is -2.13. The SMILES string of the molecule is CCNC(=NCc1nc(-c2cccc(Cl)c2)no1)NC(C)c1ccccc1.I. The summed E-state index contributed by atoms with van der Waals surface area (Å²) in [4.78, 5) is 8.94.